The molecule has 220 valence electrons. The van der Waals surface area contributed by atoms with E-state index in [0.29, 0.717) is 44.4 Å². The van der Waals surface area contributed by atoms with Crippen LogP contribution in [-0.4, -0.2) is 61.1 Å². The van der Waals surface area contributed by atoms with Gasteiger partial charge in [-0.25, -0.2) is 13.4 Å². The zero-order valence-corrected chi connectivity index (χ0v) is 25.8. The Morgan fingerprint density at radius 2 is 1.86 bits per heavy atom. The highest BCUT2D eigenvalue weighted by molar-refractivity contribution is 9.10. The van der Waals surface area contributed by atoms with Crippen molar-refractivity contribution in [3.8, 4) is 5.75 Å². The highest BCUT2D eigenvalue weighted by Crippen LogP contribution is 2.38. The molecule has 14 heteroatoms. The Balaban J connectivity index is 1.45. The number of aldehydes is 1. The summed E-state index contributed by atoms with van der Waals surface area (Å²) in [6.07, 6.45) is 9.25. The summed E-state index contributed by atoms with van der Waals surface area (Å²) >= 11 is 3.49. The van der Waals surface area contributed by atoms with Gasteiger partial charge in [0, 0.05) is 49.4 Å². The smallest absolute Gasteiger partial charge is 0.229 e. The Labute approximate surface area is 252 Å². The van der Waals surface area contributed by atoms with Gasteiger partial charge in [0.25, 0.3) is 0 Å². The number of methoxy groups -OCH3 is 1. The molecule has 3 heterocycles. The molecule has 12 nitrogen and oxygen atoms in total. The molecule has 0 saturated carbocycles. The normalized spacial score (nSPS) is 14.0. The molecular weight excluding hydrogens is 624 g/mol. The van der Waals surface area contributed by atoms with Crippen molar-refractivity contribution in [2.75, 3.05) is 46.7 Å². The topological polar surface area (TPSA) is 151 Å². The van der Waals surface area contributed by atoms with E-state index in [1.807, 2.05) is 12.1 Å². The molecule has 0 amide bonds. The largest absolute Gasteiger partial charge is 0.494 e. The van der Waals surface area contributed by atoms with E-state index in [9.17, 15) is 13.2 Å². The Bertz CT molecular complexity index is 1730. The number of ether oxygens (including phenoxy) is 1. The summed E-state index contributed by atoms with van der Waals surface area (Å²) in [4.78, 5) is 31.2. The summed E-state index contributed by atoms with van der Waals surface area (Å²) in [5.41, 5.74) is 4.55. The second kappa shape index (κ2) is 12.4. The maximum Gasteiger partial charge on any atom is 0.229 e. The van der Waals surface area contributed by atoms with Crippen LogP contribution in [0.25, 0.3) is 11.0 Å². The first-order valence-electron chi connectivity index (χ1n) is 13.4. The number of carbonyl (C=O) groups excluding carboxylic acids is 1. The number of aryl methyl sites for hydroxylation is 1. The zero-order chi connectivity index (χ0) is 29.9. The number of benzene rings is 2. The first kappa shape index (κ1) is 29.5. The maximum absolute atomic E-state index is 12.2. The van der Waals surface area contributed by atoms with Gasteiger partial charge >= 0.3 is 0 Å². The number of sulfonamides is 1. The fourth-order valence-electron chi connectivity index (χ4n) is 4.93. The van der Waals surface area contributed by atoms with Gasteiger partial charge in [0.1, 0.15) is 23.4 Å². The first-order chi connectivity index (χ1) is 20.2. The van der Waals surface area contributed by atoms with Crippen LogP contribution in [0.3, 0.4) is 0 Å². The van der Waals surface area contributed by atoms with Crippen LogP contribution in [0, 0.1) is 5.92 Å². The summed E-state index contributed by atoms with van der Waals surface area (Å²) in [6, 6.07) is 7.50. The average molecular weight is 656 g/mol. The van der Waals surface area contributed by atoms with Crippen LogP contribution in [0.1, 0.15) is 25.3 Å². The lowest BCUT2D eigenvalue weighted by Crippen LogP contribution is -2.34. The number of hydrogen-bond donors (Lipinski definition) is 3. The van der Waals surface area contributed by atoms with Gasteiger partial charge in [-0.15, -0.1) is 0 Å². The summed E-state index contributed by atoms with van der Waals surface area (Å²) < 4.78 is 33.2. The molecule has 1 aliphatic rings. The van der Waals surface area contributed by atoms with E-state index in [-0.39, 0.29) is 11.6 Å². The molecule has 0 radical (unpaired) electrons. The van der Waals surface area contributed by atoms with Gasteiger partial charge in [0.15, 0.2) is 0 Å². The lowest BCUT2D eigenvalue weighted by Gasteiger charge is -2.33. The number of rotatable bonds is 10. The fourth-order valence-corrected chi connectivity index (χ4v) is 5.79. The van der Waals surface area contributed by atoms with E-state index in [2.05, 4.69) is 63.0 Å². The SMILES string of the molecule is CCc1cc(Nc2ncc(Br)c(Nc3ccc4nccnc4c3NS(C)(=O)=O)n2)c(OC)cc1N1CCC(C=O)CC1. The molecule has 0 aliphatic carbocycles. The monoisotopic (exact) mass is 654 g/mol. The van der Waals surface area contributed by atoms with E-state index in [4.69, 9.17) is 4.74 Å². The summed E-state index contributed by atoms with van der Waals surface area (Å²) in [6.45, 7) is 3.73. The second-order valence-corrected chi connectivity index (χ2v) is 12.5. The van der Waals surface area contributed by atoms with E-state index >= 15 is 0 Å². The van der Waals surface area contributed by atoms with Crippen molar-refractivity contribution in [2.45, 2.75) is 26.2 Å². The van der Waals surface area contributed by atoms with Gasteiger partial charge in [-0.3, -0.25) is 14.7 Å². The van der Waals surface area contributed by atoms with Crippen LogP contribution < -0.4 is 25.0 Å². The second-order valence-electron chi connectivity index (χ2n) is 9.92. The molecular formula is C28H31BrN8O4S. The Hall–Kier alpha value is -4.04. The van der Waals surface area contributed by atoms with Crippen LogP contribution in [0.5, 0.6) is 5.75 Å². The van der Waals surface area contributed by atoms with Crippen molar-refractivity contribution in [1.29, 1.82) is 0 Å². The highest BCUT2D eigenvalue weighted by Gasteiger charge is 2.22. The third-order valence-corrected chi connectivity index (χ3v) is 8.18. The molecule has 2 aromatic heterocycles. The number of carbonyl (C=O) groups is 1. The molecule has 1 fully saturated rings. The van der Waals surface area contributed by atoms with Crippen LogP contribution in [-0.2, 0) is 21.2 Å². The highest BCUT2D eigenvalue weighted by atomic mass is 79.9. The maximum atomic E-state index is 12.2. The third kappa shape index (κ3) is 6.54. The van der Waals surface area contributed by atoms with Gasteiger partial charge in [-0.05, 0) is 59.0 Å². The minimum absolute atomic E-state index is 0.118. The molecule has 1 aliphatic heterocycles. The third-order valence-electron chi connectivity index (χ3n) is 7.03. The number of piperidine rings is 1. The predicted octanol–water partition coefficient (Wildman–Crippen LogP) is 5.03. The number of fused-ring (bicyclic) bond motifs is 1. The van der Waals surface area contributed by atoms with Crippen LogP contribution in [0.4, 0.5) is 34.5 Å². The van der Waals surface area contributed by atoms with E-state index < -0.39 is 10.0 Å². The quantitative estimate of drug-likeness (QED) is 0.198. The van der Waals surface area contributed by atoms with Crippen LogP contribution in [0.15, 0.2) is 47.3 Å². The molecule has 0 bridgehead atoms. The van der Waals surface area contributed by atoms with Crippen molar-refractivity contribution in [3.63, 3.8) is 0 Å². The standard InChI is InChI=1S/C28H31BrN8O4S/c1-4-18-13-22(24(41-2)14-23(18)37-11-7-17(16-38)8-12-37)34-28-32-15-19(29)27(35-28)33-21-6-5-20-25(31-10-9-30-20)26(21)36-42(3,39)40/h5-6,9-10,13-17,36H,4,7-8,11-12H2,1-3H3,(H2,32,33,34,35). The van der Waals surface area contributed by atoms with Gasteiger partial charge in [0.2, 0.25) is 16.0 Å². The van der Waals surface area contributed by atoms with Gasteiger partial charge in [-0.2, -0.15) is 4.98 Å². The van der Waals surface area contributed by atoms with E-state index in [1.54, 1.807) is 31.6 Å². The van der Waals surface area contributed by atoms with Crippen molar-refractivity contribution in [2.24, 2.45) is 5.92 Å². The molecule has 0 spiro atoms. The van der Waals surface area contributed by atoms with E-state index in [0.717, 1.165) is 56.1 Å². The predicted molar refractivity (Wildman–Crippen MR) is 168 cm³/mol. The Kier molecular flexibility index (Phi) is 8.73. The van der Waals surface area contributed by atoms with E-state index in [1.165, 1.54) is 6.20 Å². The minimum Gasteiger partial charge on any atom is -0.494 e. The fraction of sp³-hybridized carbons (Fsp3) is 0.321. The van der Waals surface area contributed by atoms with Gasteiger partial charge in [0.05, 0.1) is 40.4 Å². The van der Waals surface area contributed by atoms with Crippen molar-refractivity contribution in [3.05, 3.63) is 52.9 Å². The van der Waals surface area contributed by atoms with Crippen molar-refractivity contribution >= 4 is 77.8 Å². The number of nitrogens with one attached hydrogen (secondary N) is 3. The molecule has 1 saturated heterocycles. The lowest BCUT2D eigenvalue weighted by atomic mass is 9.97. The van der Waals surface area contributed by atoms with Crippen LogP contribution in [0.2, 0.25) is 0 Å². The Morgan fingerprint density at radius 3 is 2.55 bits per heavy atom. The molecule has 0 atom stereocenters. The lowest BCUT2D eigenvalue weighted by molar-refractivity contribution is -0.111. The summed E-state index contributed by atoms with van der Waals surface area (Å²) in [5, 5.41) is 6.47. The average Bonchev–Trinajstić information content (AvgIpc) is 2.99. The number of anilines is 6. The van der Waals surface area contributed by atoms with Gasteiger partial charge in [-0.1, -0.05) is 6.92 Å². The minimum atomic E-state index is -3.62. The first-order valence-corrected chi connectivity index (χ1v) is 16.1. The molecule has 42 heavy (non-hydrogen) atoms. The van der Waals surface area contributed by atoms with Crippen molar-refractivity contribution < 1.29 is 17.9 Å². The number of aromatic nitrogens is 4. The van der Waals surface area contributed by atoms with Gasteiger partial charge < -0.3 is 25.1 Å². The molecule has 4 aromatic rings. The zero-order valence-electron chi connectivity index (χ0n) is 23.4. The molecule has 0 unspecified atom stereocenters. The molecule has 5 rings (SSSR count). The van der Waals surface area contributed by atoms with Crippen molar-refractivity contribution in [1.82, 2.24) is 19.9 Å². The van der Waals surface area contributed by atoms with Crippen LogP contribution >= 0.6 is 15.9 Å². The summed E-state index contributed by atoms with van der Waals surface area (Å²) in [5.74, 6) is 1.45. The molecule has 3 N–H and O–H groups in total. The molecule has 2 aromatic carbocycles. The number of hydrogen-bond acceptors (Lipinski definition) is 11. The summed E-state index contributed by atoms with van der Waals surface area (Å²) in [7, 11) is -2.01. The Morgan fingerprint density at radius 1 is 1.10 bits per heavy atom. The number of halogens is 1. The number of nitrogens with zero attached hydrogens (tertiary/aromatic N) is 5.